The number of hydrogen-bond donors (Lipinski definition) is 2. The first kappa shape index (κ1) is 27.2. The minimum absolute atomic E-state index is 0.0701. The normalized spacial score (nSPS) is 13.1. The number of quaternary nitrogens is 1. The van der Waals surface area contributed by atoms with E-state index < -0.39 is 42.0 Å². The largest absolute Gasteiger partial charge is 0.416 e. The van der Waals surface area contributed by atoms with Gasteiger partial charge in [0.25, 0.3) is 5.91 Å². The van der Waals surface area contributed by atoms with Gasteiger partial charge in [0.1, 0.15) is 6.04 Å². The van der Waals surface area contributed by atoms with E-state index in [1.807, 2.05) is 60.7 Å². The maximum Gasteiger partial charge on any atom is 0.416 e. The van der Waals surface area contributed by atoms with E-state index in [0.717, 1.165) is 11.1 Å². The molecule has 0 radical (unpaired) electrons. The molecule has 3 rings (SSSR count). The third-order valence-corrected chi connectivity index (χ3v) is 5.59. The van der Waals surface area contributed by atoms with Gasteiger partial charge in [-0.25, -0.2) is 0 Å². The van der Waals surface area contributed by atoms with Crippen LogP contribution in [0.5, 0.6) is 0 Å². The van der Waals surface area contributed by atoms with Crippen molar-refractivity contribution in [3.05, 3.63) is 107 Å². The monoisotopic (exact) mass is 511 g/mol. The second-order valence-corrected chi connectivity index (χ2v) is 8.30. The van der Waals surface area contributed by atoms with E-state index in [0.29, 0.717) is 12.1 Å². The minimum atomic E-state index is -4.94. The molecule has 0 spiro atoms. The Bertz CT molecular complexity index is 1060. The van der Waals surface area contributed by atoms with Crippen molar-refractivity contribution in [3.8, 4) is 0 Å². The third kappa shape index (κ3) is 7.56. The van der Waals surface area contributed by atoms with Crippen molar-refractivity contribution in [2.24, 2.45) is 5.73 Å². The zero-order valence-corrected chi connectivity index (χ0v) is 19.0. The number of hydrogen-bond acceptors (Lipinski definition) is 2. The van der Waals surface area contributed by atoms with Crippen molar-refractivity contribution in [2.45, 2.75) is 30.9 Å². The number of halogens is 6. The zero-order chi connectivity index (χ0) is 26.3. The summed E-state index contributed by atoms with van der Waals surface area (Å²) < 4.78 is 84.8. The molecule has 0 aromatic heterocycles. The van der Waals surface area contributed by atoms with Crippen LogP contribution >= 0.6 is 0 Å². The Kier molecular flexibility index (Phi) is 8.75. The summed E-state index contributed by atoms with van der Waals surface area (Å²) in [6.45, 7) is -0.629. The predicted molar refractivity (Wildman–Crippen MR) is 121 cm³/mol. The molecule has 3 aromatic rings. The van der Waals surface area contributed by atoms with E-state index >= 15 is 0 Å². The molecule has 0 aliphatic heterocycles. The Morgan fingerprint density at radius 1 is 0.806 bits per heavy atom. The lowest BCUT2D eigenvalue weighted by Crippen LogP contribution is -2.94. The van der Waals surface area contributed by atoms with Crippen LogP contribution in [0.3, 0.4) is 0 Å². The summed E-state index contributed by atoms with van der Waals surface area (Å²) in [4.78, 5) is 11.5. The van der Waals surface area contributed by atoms with Gasteiger partial charge in [-0.05, 0) is 34.9 Å². The number of nitrogens with two attached hydrogens (primary N) is 2. The number of carbonyl (C=O) groups excluding carboxylic acids is 1. The average Bonchev–Trinajstić information content (AvgIpc) is 2.82. The first-order valence-electron chi connectivity index (χ1n) is 11.0. The van der Waals surface area contributed by atoms with Gasteiger partial charge in [0.15, 0.2) is 6.54 Å². The molecule has 0 saturated carbocycles. The number of benzene rings is 3. The fourth-order valence-corrected chi connectivity index (χ4v) is 3.99. The van der Waals surface area contributed by atoms with E-state index in [9.17, 15) is 31.1 Å². The van der Waals surface area contributed by atoms with Gasteiger partial charge in [0.2, 0.25) is 0 Å². The number of ether oxygens (including phenoxy) is 1. The van der Waals surface area contributed by atoms with Crippen molar-refractivity contribution in [3.63, 3.8) is 0 Å². The highest BCUT2D eigenvalue weighted by atomic mass is 19.4. The first-order valence-corrected chi connectivity index (χ1v) is 11.0. The van der Waals surface area contributed by atoms with Crippen LogP contribution in [0.25, 0.3) is 0 Å². The lowest BCUT2D eigenvalue weighted by atomic mass is 9.85. The Morgan fingerprint density at radius 2 is 1.28 bits per heavy atom. The molecule has 0 saturated heterocycles. The lowest BCUT2D eigenvalue weighted by Gasteiger charge is -2.26. The maximum atomic E-state index is 13.2. The van der Waals surface area contributed by atoms with Crippen molar-refractivity contribution in [1.29, 1.82) is 0 Å². The SMILES string of the molecule is NC(=O)C[NH2+]C(COCc1cc(C(F)(F)F)cc(C(F)(F)F)c1)C(c1ccccc1)c1ccccc1. The molecule has 3 aromatic carbocycles. The van der Waals surface area contributed by atoms with Gasteiger partial charge in [-0.3, -0.25) is 4.79 Å². The van der Waals surface area contributed by atoms with Crippen LogP contribution in [0.4, 0.5) is 26.3 Å². The number of carbonyl (C=O) groups is 1. The molecule has 0 aliphatic carbocycles. The molecule has 36 heavy (non-hydrogen) atoms. The minimum Gasteiger partial charge on any atom is -0.371 e. The summed E-state index contributed by atoms with van der Waals surface area (Å²) in [6, 6.07) is 19.6. The molecule has 4 N–H and O–H groups in total. The molecular weight excluding hydrogens is 486 g/mol. The van der Waals surface area contributed by atoms with E-state index in [2.05, 4.69) is 0 Å². The van der Waals surface area contributed by atoms with Crippen LogP contribution in [0.2, 0.25) is 0 Å². The van der Waals surface area contributed by atoms with Gasteiger partial charge in [-0.1, -0.05) is 60.7 Å². The highest BCUT2D eigenvalue weighted by Gasteiger charge is 2.37. The van der Waals surface area contributed by atoms with Crippen LogP contribution in [0.15, 0.2) is 78.9 Å². The van der Waals surface area contributed by atoms with Gasteiger partial charge in [-0.2, -0.15) is 26.3 Å². The molecule has 1 unspecified atom stereocenters. The second-order valence-electron chi connectivity index (χ2n) is 8.30. The summed E-state index contributed by atoms with van der Waals surface area (Å²) >= 11 is 0. The molecule has 0 heterocycles. The van der Waals surface area contributed by atoms with Crippen molar-refractivity contribution in [1.82, 2.24) is 0 Å². The topological polar surface area (TPSA) is 68.9 Å². The molecule has 192 valence electrons. The van der Waals surface area contributed by atoms with Gasteiger partial charge < -0.3 is 15.8 Å². The fourth-order valence-electron chi connectivity index (χ4n) is 3.99. The number of alkyl halides is 6. The molecule has 0 bridgehead atoms. The van der Waals surface area contributed by atoms with E-state index in [1.54, 1.807) is 5.32 Å². The third-order valence-electron chi connectivity index (χ3n) is 5.59. The number of amides is 1. The van der Waals surface area contributed by atoms with Crippen LogP contribution in [0, 0.1) is 0 Å². The Hall–Kier alpha value is -3.37. The summed E-state index contributed by atoms with van der Waals surface area (Å²) in [5.41, 5.74) is 4.06. The highest BCUT2D eigenvalue weighted by Crippen LogP contribution is 2.36. The van der Waals surface area contributed by atoms with E-state index in [1.165, 1.54) is 0 Å². The number of primary amides is 1. The maximum absolute atomic E-state index is 13.2. The first-order chi connectivity index (χ1) is 16.9. The van der Waals surface area contributed by atoms with Crippen molar-refractivity contribution < 1.29 is 41.2 Å². The number of rotatable bonds is 10. The molecular formula is C26H25F6N2O2+. The Morgan fingerprint density at radius 3 is 1.69 bits per heavy atom. The summed E-state index contributed by atoms with van der Waals surface area (Å²) in [5.74, 6) is -0.869. The van der Waals surface area contributed by atoms with Gasteiger partial charge in [0.05, 0.1) is 30.3 Å². The summed E-state index contributed by atoms with van der Waals surface area (Å²) in [6.07, 6.45) is -9.89. The zero-order valence-electron chi connectivity index (χ0n) is 19.0. The fraction of sp³-hybridized carbons (Fsp3) is 0.269. The van der Waals surface area contributed by atoms with Crippen LogP contribution in [0.1, 0.15) is 33.7 Å². The lowest BCUT2D eigenvalue weighted by molar-refractivity contribution is -0.683. The van der Waals surface area contributed by atoms with E-state index in [4.69, 9.17) is 10.5 Å². The van der Waals surface area contributed by atoms with Crippen molar-refractivity contribution in [2.75, 3.05) is 13.2 Å². The molecule has 10 heteroatoms. The highest BCUT2D eigenvalue weighted by molar-refractivity contribution is 5.74. The van der Waals surface area contributed by atoms with Crippen LogP contribution < -0.4 is 11.1 Å². The standard InChI is InChI=1S/C26H24F6N2O2/c27-25(28,29)20-11-17(12-21(13-20)26(30,31)32)15-36-16-22(34-14-23(33)35)24(18-7-3-1-4-8-18)19-9-5-2-6-10-19/h1-13,22,24,34H,14-16H2,(H2,33,35)/p+1. The second kappa shape index (κ2) is 11.6. The van der Waals surface area contributed by atoms with Gasteiger partial charge in [0, 0.05) is 0 Å². The van der Waals surface area contributed by atoms with Gasteiger partial charge in [-0.15, -0.1) is 0 Å². The Balaban J connectivity index is 1.88. The van der Waals surface area contributed by atoms with Crippen molar-refractivity contribution >= 4 is 5.91 Å². The molecule has 4 nitrogen and oxygen atoms in total. The Labute approximate surface area is 204 Å². The van der Waals surface area contributed by atoms with Crippen LogP contribution in [-0.2, 0) is 28.5 Å². The molecule has 0 aliphatic rings. The van der Waals surface area contributed by atoms with E-state index in [-0.39, 0.29) is 30.7 Å². The predicted octanol–water partition coefficient (Wildman–Crippen LogP) is 4.49. The smallest absolute Gasteiger partial charge is 0.371 e. The summed E-state index contributed by atoms with van der Waals surface area (Å²) in [5, 5.41) is 1.67. The quantitative estimate of drug-likeness (QED) is 0.394. The average molecular weight is 511 g/mol. The molecule has 0 fully saturated rings. The van der Waals surface area contributed by atoms with Gasteiger partial charge >= 0.3 is 12.4 Å². The molecule has 1 atom stereocenters. The summed E-state index contributed by atoms with van der Waals surface area (Å²) in [7, 11) is 0. The van der Waals surface area contributed by atoms with Crippen LogP contribution in [-0.4, -0.2) is 25.1 Å². The molecule has 1 amide bonds.